The van der Waals surface area contributed by atoms with Gasteiger partial charge < -0.3 is 4.18 Å². The predicted octanol–water partition coefficient (Wildman–Crippen LogP) is 2.83. The highest BCUT2D eigenvalue weighted by Gasteiger charge is 2.24. The number of nitro groups is 1. The number of carbonyl (C=O) groups excluding carboxylic acids is 1. The highest BCUT2D eigenvalue weighted by molar-refractivity contribution is 7.87. The summed E-state index contributed by atoms with van der Waals surface area (Å²) in [6, 6.07) is 8.61. The Labute approximate surface area is 130 Å². The molecule has 0 atom stereocenters. The lowest BCUT2D eigenvalue weighted by molar-refractivity contribution is -0.385. The van der Waals surface area contributed by atoms with Gasteiger partial charge in [-0.2, -0.15) is 8.42 Å². The second-order valence-electron chi connectivity index (χ2n) is 4.06. The van der Waals surface area contributed by atoms with Gasteiger partial charge in [-0.25, -0.2) is 0 Å². The minimum Gasteiger partial charge on any atom is -0.378 e. The van der Waals surface area contributed by atoms with E-state index >= 15 is 0 Å². The fraction of sp³-hybridized carbons (Fsp3) is 0. The minimum atomic E-state index is -4.43. The lowest BCUT2D eigenvalue weighted by atomic mass is 10.2. The van der Waals surface area contributed by atoms with Gasteiger partial charge in [-0.15, -0.1) is 0 Å². The summed E-state index contributed by atoms with van der Waals surface area (Å²) in [7, 11) is -4.43. The molecule has 2 rings (SSSR count). The average Bonchev–Trinajstić information content (AvgIpc) is 2.47. The summed E-state index contributed by atoms with van der Waals surface area (Å²) in [5.74, 6) is -0.194. The SMILES string of the molecule is O=Cc1ccccc1OS(=O)(=O)c1cc([N+](=O)[O-])ccc1Cl. The van der Waals surface area contributed by atoms with Crippen molar-refractivity contribution in [3.8, 4) is 5.75 Å². The van der Waals surface area contributed by atoms with Crippen LogP contribution in [-0.2, 0) is 10.1 Å². The largest absolute Gasteiger partial charge is 0.378 e. The van der Waals surface area contributed by atoms with Gasteiger partial charge in [0.15, 0.2) is 12.0 Å². The molecular formula is C13H8ClNO6S. The van der Waals surface area contributed by atoms with E-state index in [1.54, 1.807) is 0 Å². The van der Waals surface area contributed by atoms with Crippen molar-refractivity contribution in [1.82, 2.24) is 0 Å². The van der Waals surface area contributed by atoms with E-state index in [1.165, 1.54) is 24.3 Å². The Kier molecular flexibility index (Phi) is 4.43. The number of rotatable bonds is 5. The van der Waals surface area contributed by atoms with Crippen LogP contribution in [0.2, 0.25) is 5.02 Å². The van der Waals surface area contributed by atoms with Gasteiger partial charge in [0.25, 0.3) is 5.69 Å². The van der Waals surface area contributed by atoms with Crippen molar-refractivity contribution in [3.63, 3.8) is 0 Å². The molecule has 0 unspecified atom stereocenters. The Bertz CT molecular complexity index is 849. The Hall–Kier alpha value is -2.45. The van der Waals surface area contributed by atoms with Gasteiger partial charge in [-0.3, -0.25) is 14.9 Å². The molecule has 0 radical (unpaired) electrons. The number of non-ortho nitro benzene ring substituents is 1. The second-order valence-corrected chi connectivity index (χ2v) is 5.99. The summed E-state index contributed by atoms with van der Waals surface area (Å²) in [6.45, 7) is 0. The fourth-order valence-corrected chi connectivity index (χ4v) is 3.06. The number of aldehydes is 1. The number of nitro benzene ring substituents is 1. The van der Waals surface area contributed by atoms with Crippen LogP contribution in [0, 0.1) is 10.1 Å². The van der Waals surface area contributed by atoms with E-state index in [0.29, 0.717) is 6.29 Å². The molecule has 22 heavy (non-hydrogen) atoms. The van der Waals surface area contributed by atoms with Crippen molar-refractivity contribution in [2.45, 2.75) is 4.90 Å². The number of para-hydroxylation sites is 1. The van der Waals surface area contributed by atoms with Gasteiger partial charge in [0.2, 0.25) is 0 Å². The normalized spacial score (nSPS) is 11.0. The van der Waals surface area contributed by atoms with Crippen LogP contribution in [0.25, 0.3) is 0 Å². The van der Waals surface area contributed by atoms with E-state index in [-0.39, 0.29) is 16.3 Å². The van der Waals surface area contributed by atoms with Gasteiger partial charge in [-0.05, 0) is 18.2 Å². The maximum Gasteiger partial charge on any atom is 0.340 e. The van der Waals surface area contributed by atoms with Crippen molar-refractivity contribution in [3.05, 3.63) is 63.2 Å². The molecule has 9 heteroatoms. The molecule has 114 valence electrons. The van der Waals surface area contributed by atoms with Crippen LogP contribution in [0.4, 0.5) is 5.69 Å². The molecule has 0 saturated carbocycles. The smallest absolute Gasteiger partial charge is 0.340 e. The van der Waals surface area contributed by atoms with Crippen LogP contribution in [0.15, 0.2) is 47.4 Å². The number of hydrogen-bond donors (Lipinski definition) is 0. The first kappa shape index (κ1) is 15.9. The van der Waals surface area contributed by atoms with Crippen LogP contribution in [0.1, 0.15) is 10.4 Å². The molecule has 0 spiro atoms. The molecule has 0 saturated heterocycles. The summed E-state index contributed by atoms with van der Waals surface area (Å²) in [5.41, 5.74) is -0.428. The number of halogens is 1. The number of carbonyl (C=O) groups is 1. The zero-order chi connectivity index (χ0) is 16.3. The first-order valence-corrected chi connectivity index (χ1v) is 7.56. The summed E-state index contributed by atoms with van der Waals surface area (Å²) in [4.78, 5) is 20.3. The topological polar surface area (TPSA) is 104 Å². The molecule has 0 bridgehead atoms. The van der Waals surface area contributed by atoms with Gasteiger partial charge in [0.1, 0.15) is 4.90 Å². The third-order valence-electron chi connectivity index (χ3n) is 2.64. The molecule has 7 nitrogen and oxygen atoms in total. The Morgan fingerprint density at radius 2 is 1.86 bits per heavy atom. The van der Waals surface area contributed by atoms with E-state index in [4.69, 9.17) is 15.8 Å². The summed E-state index contributed by atoms with van der Waals surface area (Å²) >= 11 is 5.77. The van der Waals surface area contributed by atoms with Gasteiger partial charge in [-0.1, -0.05) is 23.7 Å². The van der Waals surface area contributed by atoms with E-state index < -0.39 is 25.6 Å². The second kappa shape index (κ2) is 6.12. The quantitative estimate of drug-likeness (QED) is 0.358. The monoisotopic (exact) mass is 341 g/mol. The Balaban J connectivity index is 2.49. The molecule has 0 amide bonds. The number of hydrogen-bond acceptors (Lipinski definition) is 6. The van der Waals surface area contributed by atoms with Crippen molar-refractivity contribution >= 4 is 33.7 Å². The third kappa shape index (κ3) is 3.23. The summed E-state index contributed by atoms with van der Waals surface area (Å²) < 4.78 is 29.3. The minimum absolute atomic E-state index is 0.0210. The number of benzene rings is 2. The lowest BCUT2D eigenvalue weighted by Crippen LogP contribution is -2.12. The molecule has 2 aromatic rings. The highest BCUT2D eigenvalue weighted by Crippen LogP contribution is 2.29. The molecule has 0 fully saturated rings. The highest BCUT2D eigenvalue weighted by atomic mass is 35.5. The van der Waals surface area contributed by atoms with Crippen molar-refractivity contribution < 1.29 is 22.3 Å². The molecule has 0 heterocycles. The van der Waals surface area contributed by atoms with Crippen molar-refractivity contribution in [2.75, 3.05) is 0 Å². The standard InChI is InChI=1S/C13H8ClNO6S/c14-11-6-5-10(15(17)18)7-13(11)22(19,20)21-12-4-2-1-3-9(12)8-16/h1-8H. The maximum atomic E-state index is 12.2. The molecule has 0 aromatic heterocycles. The van der Waals surface area contributed by atoms with Gasteiger partial charge >= 0.3 is 10.1 Å². The molecule has 0 aliphatic heterocycles. The average molecular weight is 342 g/mol. The number of nitrogens with zero attached hydrogens (tertiary/aromatic N) is 1. The van der Waals surface area contributed by atoms with Crippen molar-refractivity contribution in [2.24, 2.45) is 0 Å². The third-order valence-corrected chi connectivity index (χ3v) is 4.36. The van der Waals surface area contributed by atoms with Crippen LogP contribution < -0.4 is 4.18 Å². The molecule has 0 N–H and O–H groups in total. The Morgan fingerprint density at radius 1 is 1.18 bits per heavy atom. The first-order valence-electron chi connectivity index (χ1n) is 5.78. The van der Waals surface area contributed by atoms with Gasteiger partial charge in [0.05, 0.1) is 15.5 Å². The maximum absolute atomic E-state index is 12.2. The van der Waals surface area contributed by atoms with Crippen LogP contribution in [0.3, 0.4) is 0 Å². The fourth-order valence-electron chi connectivity index (χ4n) is 1.61. The van der Waals surface area contributed by atoms with E-state index in [2.05, 4.69) is 0 Å². The van der Waals surface area contributed by atoms with E-state index in [9.17, 15) is 23.3 Å². The van der Waals surface area contributed by atoms with Gasteiger partial charge in [0, 0.05) is 12.1 Å². The lowest BCUT2D eigenvalue weighted by Gasteiger charge is -2.09. The zero-order valence-electron chi connectivity index (χ0n) is 10.8. The van der Waals surface area contributed by atoms with Crippen molar-refractivity contribution in [1.29, 1.82) is 0 Å². The zero-order valence-corrected chi connectivity index (χ0v) is 12.4. The molecule has 0 aliphatic carbocycles. The Morgan fingerprint density at radius 3 is 2.50 bits per heavy atom. The van der Waals surface area contributed by atoms with E-state index in [0.717, 1.165) is 18.2 Å². The van der Waals surface area contributed by atoms with E-state index in [1.807, 2.05) is 0 Å². The van der Waals surface area contributed by atoms with Crippen LogP contribution in [0.5, 0.6) is 5.75 Å². The molecular weight excluding hydrogens is 334 g/mol. The van der Waals surface area contributed by atoms with Crippen LogP contribution >= 0.6 is 11.6 Å². The predicted molar refractivity (Wildman–Crippen MR) is 77.7 cm³/mol. The molecule has 0 aliphatic rings. The summed E-state index contributed by atoms with van der Waals surface area (Å²) in [5, 5.41) is 10.5. The summed E-state index contributed by atoms with van der Waals surface area (Å²) in [6.07, 6.45) is 0.430. The molecule has 2 aromatic carbocycles. The van der Waals surface area contributed by atoms with Crippen LogP contribution in [-0.4, -0.2) is 19.6 Å². The first-order chi connectivity index (χ1) is 10.3.